The average Bonchev–Trinajstić information content (AvgIpc) is 3.06. The minimum atomic E-state index is -0.0473. The van der Waals surface area contributed by atoms with Crippen LogP contribution in [0.1, 0.15) is 30.7 Å². The van der Waals surface area contributed by atoms with E-state index in [1.165, 1.54) is 12.1 Å². The van der Waals surface area contributed by atoms with Gasteiger partial charge < -0.3 is 9.80 Å². The maximum Gasteiger partial charge on any atom is 0.155 e. The second-order valence-electron chi connectivity index (χ2n) is 7.58. The van der Waals surface area contributed by atoms with Crippen LogP contribution in [0.4, 0.5) is 5.69 Å². The number of nitrogens with zero attached hydrogens (tertiary/aromatic N) is 6. The maximum absolute atomic E-state index is 4.89. The molecule has 134 valence electrons. The van der Waals surface area contributed by atoms with E-state index in [4.69, 9.17) is 10.1 Å². The Morgan fingerprint density at radius 3 is 2.50 bits per heavy atom. The summed E-state index contributed by atoms with van der Waals surface area (Å²) in [5, 5.41) is 4.80. The van der Waals surface area contributed by atoms with Gasteiger partial charge in [0.25, 0.3) is 0 Å². The number of likely N-dealkylation sites (N-methyl/N-ethyl adjacent to an activating group) is 1. The lowest BCUT2D eigenvalue weighted by molar-refractivity contribution is 0.285. The van der Waals surface area contributed by atoms with Crippen molar-refractivity contribution < 1.29 is 0 Å². The Morgan fingerprint density at radius 1 is 1.00 bits per heavy atom. The number of aromatic nitrogens is 4. The normalized spacial score (nSPS) is 20.3. The summed E-state index contributed by atoms with van der Waals surface area (Å²) >= 11 is 0. The molecule has 26 heavy (non-hydrogen) atoms. The highest BCUT2D eigenvalue weighted by atomic mass is 15.3. The van der Waals surface area contributed by atoms with Crippen molar-refractivity contribution in [1.82, 2.24) is 24.5 Å². The standard InChI is InChI=1S/C20H24N6/c1-24-10-12-25(13-11-24)16-4-5-17(22-15-16)20(6-2-7-20)18-14-19-21-8-3-9-26(19)23-18/h3-5,8-9,14-15H,2,6-7,10-13H2,1H3. The van der Waals surface area contributed by atoms with Crippen LogP contribution in [0.5, 0.6) is 0 Å². The first kappa shape index (κ1) is 15.8. The molecule has 6 heteroatoms. The van der Waals surface area contributed by atoms with Gasteiger partial charge in [-0.25, -0.2) is 9.50 Å². The largest absolute Gasteiger partial charge is 0.368 e. The molecule has 0 radical (unpaired) electrons. The minimum Gasteiger partial charge on any atom is -0.368 e. The van der Waals surface area contributed by atoms with Crippen LogP contribution >= 0.6 is 0 Å². The van der Waals surface area contributed by atoms with Crippen LogP contribution in [0.3, 0.4) is 0 Å². The number of rotatable bonds is 3. The number of piperazine rings is 1. The predicted octanol–water partition coefficient (Wildman–Crippen LogP) is 2.35. The molecule has 6 nitrogen and oxygen atoms in total. The molecule has 0 spiro atoms. The zero-order valence-electron chi connectivity index (χ0n) is 15.2. The molecule has 2 aliphatic rings. The van der Waals surface area contributed by atoms with Crippen molar-refractivity contribution in [1.29, 1.82) is 0 Å². The Bertz CT molecular complexity index is 870. The molecule has 4 heterocycles. The zero-order chi connectivity index (χ0) is 17.6. The number of hydrogen-bond acceptors (Lipinski definition) is 5. The summed E-state index contributed by atoms with van der Waals surface area (Å²) < 4.78 is 1.87. The van der Waals surface area contributed by atoms with Gasteiger partial charge in [0.05, 0.1) is 28.7 Å². The first-order chi connectivity index (χ1) is 12.7. The Balaban J connectivity index is 1.45. The molecule has 0 unspecified atom stereocenters. The van der Waals surface area contributed by atoms with Crippen LogP contribution in [0.2, 0.25) is 0 Å². The van der Waals surface area contributed by atoms with Gasteiger partial charge in [-0.05, 0) is 38.1 Å². The molecule has 1 aliphatic heterocycles. The van der Waals surface area contributed by atoms with Crippen molar-refractivity contribution in [2.45, 2.75) is 24.7 Å². The smallest absolute Gasteiger partial charge is 0.155 e. The van der Waals surface area contributed by atoms with E-state index < -0.39 is 0 Å². The molecular formula is C20H24N6. The van der Waals surface area contributed by atoms with Crippen molar-refractivity contribution >= 4 is 11.3 Å². The summed E-state index contributed by atoms with van der Waals surface area (Å²) in [6.45, 7) is 4.36. The predicted molar refractivity (Wildman–Crippen MR) is 102 cm³/mol. The zero-order valence-corrected chi connectivity index (χ0v) is 15.2. The van der Waals surface area contributed by atoms with Gasteiger partial charge >= 0.3 is 0 Å². The van der Waals surface area contributed by atoms with Gasteiger partial charge in [0.15, 0.2) is 5.65 Å². The molecule has 2 fully saturated rings. The van der Waals surface area contributed by atoms with Gasteiger partial charge in [-0.1, -0.05) is 6.42 Å². The van der Waals surface area contributed by atoms with E-state index in [0.717, 1.165) is 56.1 Å². The van der Waals surface area contributed by atoms with Crippen molar-refractivity contribution in [3.05, 3.63) is 54.2 Å². The van der Waals surface area contributed by atoms with E-state index in [9.17, 15) is 0 Å². The SMILES string of the molecule is CN1CCN(c2ccc(C3(c4cc5ncccn5n4)CCC3)nc2)CC1. The highest BCUT2D eigenvalue weighted by molar-refractivity contribution is 5.49. The highest BCUT2D eigenvalue weighted by Crippen LogP contribution is 2.48. The quantitative estimate of drug-likeness (QED) is 0.727. The van der Waals surface area contributed by atoms with Crippen LogP contribution in [0.25, 0.3) is 5.65 Å². The van der Waals surface area contributed by atoms with Gasteiger partial charge in [0.1, 0.15) is 0 Å². The van der Waals surface area contributed by atoms with Crippen molar-refractivity contribution in [2.24, 2.45) is 0 Å². The maximum atomic E-state index is 4.89. The molecule has 0 atom stereocenters. The topological polar surface area (TPSA) is 49.6 Å². The second-order valence-corrected chi connectivity index (χ2v) is 7.58. The molecule has 0 bridgehead atoms. The molecule has 1 aliphatic carbocycles. The summed E-state index contributed by atoms with van der Waals surface area (Å²) in [6.07, 6.45) is 9.27. The van der Waals surface area contributed by atoms with Crippen LogP contribution in [0.15, 0.2) is 42.9 Å². The fraction of sp³-hybridized carbons (Fsp3) is 0.450. The number of anilines is 1. The third-order valence-corrected chi connectivity index (χ3v) is 6.04. The van der Waals surface area contributed by atoms with E-state index in [2.05, 4.69) is 46.2 Å². The lowest BCUT2D eigenvalue weighted by atomic mass is 9.64. The Kier molecular flexibility index (Phi) is 3.67. The van der Waals surface area contributed by atoms with Gasteiger partial charge in [0, 0.05) is 44.6 Å². The summed E-state index contributed by atoms with van der Waals surface area (Å²) in [5.41, 5.74) is 4.33. The average molecular weight is 348 g/mol. The van der Waals surface area contributed by atoms with Crippen molar-refractivity contribution in [3.63, 3.8) is 0 Å². The number of pyridine rings is 1. The van der Waals surface area contributed by atoms with E-state index in [1.807, 2.05) is 23.0 Å². The molecule has 1 saturated carbocycles. The first-order valence-electron chi connectivity index (χ1n) is 9.46. The highest BCUT2D eigenvalue weighted by Gasteiger charge is 2.44. The summed E-state index contributed by atoms with van der Waals surface area (Å²) in [7, 11) is 2.18. The Labute approximate surface area is 153 Å². The van der Waals surface area contributed by atoms with E-state index >= 15 is 0 Å². The lowest BCUT2D eigenvalue weighted by Gasteiger charge is -2.40. The summed E-state index contributed by atoms with van der Waals surface area (Å²) in [6, 6.07) is 8.49. The minimum absolute atomic E-state index is 0.0473. The van der Waals surface area contributed by atoms with Crippen LogP contribution in [-0.4, -0.2) is 57.7 Å². The number of fused-ring (bicyclic) bond motifs is 1. The van der Waals surface area contributed by atoms with Gasteiger partial charge in [-0.2, -0.15) is 5.10 Å². The molecule has 5 rings (SSSR count). The lowest BCUT2D eigenvalue weighted by Crippen LogP contribution is -2.44. The van der Waals surface area contributed by atoms with Gasteiger partial charge in [0.2, 0.25) is 0 Å². The van der Waals surface area contributed by atoms with E-state index in [-0.39, 0.29) is 5.41 Å². The molecule has 1 saturated heterocycles. The molecule has 0 aromatic carbocycles. The van der Waals surface area contributed by atoms with Gasteiger partial charge in [-0.15, -0.1) is 0 Å². The van der Waals surface area contributed by atoms with Crippen LogP contribution in [-0.2, 0) is 5.41 Å². The molecular weight excluding hydrogens is 324 g/mol. The molecule has 0 amide bonds. The van der Waals surface area contributed by atoms with E-state index in [0.29, 0.717) is 0 Å². The first-order valence-corrected chi connectivity index (χ1v) is 9.46. The third-order valence-electron chi connectivity index (χ3n) is 6.04. The fourth-order valence-corrected chi connectivity index (χ4v) is 4.16. The van der Waals surface area contributed by atoms with Crippen LogP contribution in [0, 0.1) is 0 Å². The molecule has 0 N–H and O–H groups in total. The fourth-order valence-electron chi connectivity index (χ4n) is 4.16. The number of hydrogen-bond donors (Lipinski definition) is 0. The monoisotopic (exact) mass is 348 g/mol. The Hall–Kier alpha value is -2.47. The Morgan fingerprint density at radius 2 is 1.85 bits per heavy atom. The van der Waals surface area contributed by atoms with E-state index in [1.54, 1.807) is 0 Å². The second kappa shape index (κ2) is 6.06. The van der Waals surface area contributed by atoms with Crippen molar-refractivity contribution in [3.8, 4) is 0 Å². The van der Waals surface area contributed by atoms with Crippen LogP contribution < -0.4 is 4.90 Å². The van der Waals surface area contributed by atoms with Crippen molar-refractivity contribution in [2.75, 3.05) is 38.1 Å². The summed E-state index contributed by atoms with van der Waals surface area (Å²) in [5.74, 6) is 0. The molecule has 3 aromatic heterocycles. The molecule has 3 aromatic rings. The van der Waals surface area contributed by atoms with Gasteiger partial charge in [-0.3, -0.25) is 4.98 Å². The third kappa shape index (κ3) is 2.48. The summed E-state index contributed by atoms with van der Waals surface area (Å²) in [4.78, 5) is 14.1.